The van der Waals surface area contributed by atoms with Crippen molar-refractivity contribution in [2.45, 2.75) is 38.3 Å². The van der Waals surface area contributed by atoms with E-state index < -0.39 is 5.60 Å². The summed E-state index contributed by atoms with van der Waals surface area (Å²) < 4.78 is 5.44. The molecule has 20 heavy (non-hydrogen) atoms. The fourth-order valence-electron chi connectivity index (χ4n) is 3.79. The summed E-state index contributed by atoms with van der Waals surface area (Å²) in [7, 11) is 0. The first-order valence-corrected chi connectivity index (χ1v) is 8.61. The van der Waals surface area contributed by atoms with Gasteiger partial charge in [-0.3, -0.25) is 4.90 Å². The Bertz CT molecular complexity index is 416. The van der Waals surface area contributed by atoms with Crippen LogP contribution in [0.2, 0.25) is 0 Å². The zero-order valence-corrected chi connectivity index (χ0v) is 13.1. The second-order valence-electron chi connectivity index (χ2n) is 6.34. The highest BCUT2D eigenvalue weighted by Gasteiger charge is 2.45. The van der Waals surface area contributed by atoms with Crippen LogP contribution in [0.15, 0.2) is 17.5 Å². The van der Waals surface area contributed by atoms with Crippen molar-refractivity contribution in [3.8, 4) is 0 Å². The Kier molecular flexibility index (Phi) is 4.46. The van der Waals surface area contributed by atoms with Crippen molar-refractivity contribution < 1.29 is 9.84 Å². The quantitative estimate of drug-likeness (QED) is 0.931. The predicted octanol–water partition coefficient (Wildman–Crippen LogP) is 2.75. The summed E-state index contributed by atoms with van der Waals surface area (Å²) in [4.78, 5) is 3.92. The highest BCUT2D eigenvalue weighted by Crippen LogP contribution is 2.39. The molecule has 0 aliphatic carbocycles. The number of hydrogen-bond donors (Lipinski definition) is 1. The summed E-state index contributed by atoms with van der Waals surface area (Å²) in [6.07, 6.45) is 2.95. The molecule has 0 radical (unpaired) electrons. The molecule has 3 heterocycles. The SMILES string of the molecule is CC1CN(Cc2cccs2)CCC1(O)C1CCOCC1. The number of hydrogen-bond acceptors (Lipinski definition) is 4. The van der Waals surface area contributed by atoms with Crippen molar-refractivity contribution in [2.75, 3.05) is 26.3 Å². The van der Waals surface area contributed by atoms with Crippen LogP contribution in [0.4, 0.5) is 0 Å². The number of nitrogens with zero attached hydrogens (tertiary/aromatic N) is 1. The molecule has 0 aromatic carbocycles. The molecule has 0 saturated carbocycles. The van der Waals surface area contributed by atoms with Gasteiger partial charge in [0.15, 0.2) is 0 Å². The summed E-state index contributed by atoms with van der Waals surface area (Å²) in [5.74, 6) is 0.773. The van der Waals surface area contributed by atoms with Crippen LogP contribution in [0.25, 0.3) is 0 Å². The minimum Gasteiger partial charge on any atom is -0.389 e. The Morgan fingerprint density at radius 3 is 2.90 bits per heavy atom. The topological polar surface area (TPSA) is 32.7 Å². The summed E-state index contributed by atoms with van der Waals surface area (Å²) in [6.45, 7) is 6.90. The van der Waals surface area contributed by atoms with Gasteiger partial charge in [0, 0.05) is 37.7 Å². The summed E-state index contributed by atoms with van der Waals surface area (Å²) in [6, 6.07) is 4.32. The number of ether oxygens (including phenoxy) is 1. The van der Waals surface area contributed by atoms with Crippen LogP contribution in [-0.4, -0.2) is 41.9 Å². The average Bonchev–Trinajstić information content (AvgIpc) is 2.97. The van der Waals surface area contributed by atoms with E-state index in [1.807, 2.05) is 11.3 Å². The zero-order chi connectivity index (χ0) is 14.0. The number of piperidine rings is 1. The van der Waals surface area contributed by atoms with E-state index in [4.69, 9.17) is 4.74 Å². The van der Waals surface area contributed by atoms with Crippen molar-refractivity contribution >= 4 is 11.3 Å². The molecule has 0 bridgehead atoms. The maximum Gasteiger partial charge on any atom is 0.0727 e. The van der Waals surface area contributed by atoms with Gasteiger partial charge in [-0.2, -0.15) is 0 Å². The molecule has 2 aliphatic rings. The number of thiophene rings is 1. The van der Waals surface area contributed by atoms with Gasteiger partial charge in [-0.1, -0.05) is 13.0 Å². The van der Waals surface area contributed by atoms with Crippen molar-refractivity contribution in [2.24, 2.45) is 11.8 Å². The fourth-order valence-corrected chi connectivity index (χ4v) is 4.54. The van der Waals surface area contributed by atoms with Crippen LogP contribution in [0.1, 0.15) is 31.1 Å². The lowest BCUT2D eigenvalue weighted by molar-refractivity contribution is -0.131. The molecule has 2 unspecified atom stereocenters. The van der Waals surface area contributed by atoms with Crippen molar-refractivity contribution in [1.29, 1.82) is 0 Å². The summed E-state index contributed by atoms with van der Waals surface area (Å²) >= 11 is 1.83. The van der Waals surface area contributed by atoms with Gasteiger partial charge < -0.3 is 9.84 Å². The minimum atomic E-state index is -0.476. The molecule has 3 rings (SSSR count). The molecule has 0 amide bonds. The monoisotopic (exact) mass is 295 g/mol. The molecule has 2 saturated heterocycles. The van der Waals surface area contributed by atoms with E-state index in [9.17, 15) is 5.11 Å². The largest absolute Gasteiger partial charge is 0.389 e. The van der Waals surface area contributed by atoms with E-state index in [2.05, 4.69) is 29.3 Å². The number of aliphatic hydroxyl groups is 1. The van der Waals surface area contributed by atoms with Crippen LogP contribution in [0, 0.1) is 11.8 Å². The Morgan fingerprint density at radius 1 is 1.45 bits per heavy atom. The average molecular weight is 295 g/mol. The van der Waals surface area contributed by atoms with Gasteiger partial charge >= 0.3 is 0 Å². The lowest BCUT2D eigenvalue weighted by Gasteiger charge is -2.48. The van der Waals surface area contributed by atoms with E-state index in [-0.39, 0.29) is 0 Å². The molecule has 1 aromatic heterocycles. The first-order valence-electron chi connectivity index (χ1n) is 7.73. The van der Waals surface area contributed by atoms with Crippen LogP contribution in [0.3, 0.4) is 0 Å². The van der Waals surface area contributed by atoms with E-state index >= 15 is 0 Å². The molecule has 2 atom stereocenters. The van der Waals surface area contributed by atoms with Crippen LogP contribution >= 0.6 is 11.3 Å². The Labute approximate surface area is 125 Å². The summed E-state index contributed by atoms with van der Waals surface area (Å²) in [5, 5.41) is 13.3. The van der Waals surface area contributed by atoms with Crippen LogP contribution < -0.4 is 0 Å². The van der Waals surface area contributed by atoms with Gasteiger partial charge in [0.25, 0.3) is 0 Å². The molecule has 4 heteroatoms. The lowest BCUT2D eigenvalue weighted by Crippen LogP contribution is -2.55. The maximum absolute atomic E-state index is 11.1. The van der Waals surface area contributed by atoms with Crippen molar-refractivity contribution in [3.63, 3.8) is 0 Å². The molecule has 3 nitrogen and oxygen atoms in total. The van der Waals surface area contributed by atoms with Crippen LogP contribution in [-0.2, 0) is 11.3 Å². The molecular weight excluding hydrogens is 270 g/mol. The maximum atomic E-state index is 11.1. The van der Waals surface area contributed by atoms with Crippen molar-refractivity contribution in [1.82, 2.24) is 4.90 Å². The molecule has 0 spiro atoms. The molecular formula is C16H25NO2S. The summed E-state index contributed by atoms with van der Waals surface area (Å²) in [5.41, 5.74) is -0.476. The van der Waals surface area contributed by atoms with E-state index in [0.29, 0.717) is 11.8 Å². The first-order chi connectivity index (χ1) is 9.68. The first kappa shape index (κ1) is 14.5. The van der Waals surface area contributed by atoms with Crippen LogP contribution in [0.5, 0.6) is 0 Å². The second kappa shape index (κ2) is 6.14. The van der Waals surface area contributed by atoms with Gasteiger partial charge in [0.05, 0.1) is 5.60 Å². The van der Waals surface area contributed by atoms with Gasteiger partial charge in [-0.25, -0.2) is 0 Å². The smallest absolute Gasteiger partial charge is 0.0727 e. The van der Waals surface area contributed by atoms with Crippen molar-refractivity contribution in [3.05, 3.63) is 22.4 Å². The Hall–Kier alpha value is -0.420. The van der Waals surface area contributed by atoms with E-state index in [0.717, 1.165) is 52.1 Å². The molecule has 1 aromatic rings. The zero-order valence-electron chi connectivity index (χ0n) is 12.3. The van der Waals surface area contributed by atoms with E-state index in [1.165, 1.54) is 4.88 Å². The third-order valence-electron chi connectivity index (χ3n) is 5.10. The van der Waals surface area contributed by atoms with Gasteiger partial charge in [-0.05, 0) is 42.5 Å². The Morgan fingerprint density at radius 2 is 2.25 bits per heavy atom. The molecule has 1 N–H and O–H groups in total. The molecule has 112 valence electrons. The Balaban J connectivity index is 1.60. The third-order valence-corrected chi connectivity index (χ3v) is 5.96. The highest BCUT2D eigenvalue weighted by molar-refractivity contribution is 7.09. The standard InChI is InChI=1S/C16H25NO2S/c1-13-11-17(12-15-3-2-10-20-15)7-6-16(13,18)14-4-8-19-9-5-14/h2-3,10,13-14,18H,4-9,11-12H2,1H3. The lowest BCUT2D eigenvalue weighted by atomic mass is 9.70. The fraction of sp³-hybridized carbons (Fsp3) is 0.750. The second-order valence-corrected chi connectivity index (χ2v) is 7.38. The van der Waals surface area contributed by atoms with Gasteiger partial charge in [0.1, 0.15) is 0 Å². The normalized spacial score (nSPS) is 33.4. The molecule has 2 fully saturated rings. The van der Waals surface area contributed by atoms with Gasteiger partial charge in [-0.15, -0.1) is 11.3 Å². The minimum absolute atomic E-state index is 0.347. The molecule has 2 aliphatic heterocycles. The highest BCUT2D eigenvalue weighted by atomic mass is 32.1. The third kappa shape index (κ3) is 2.93. The number of likely N-dealkylation sites (tertiary alicyclic amines) is 1. The predicted molar refractivity (Wildman–Crippen MR) is 81.9 cm³/mol. The number of rotatable bonds is 3. The van der Waals surface area contributed by atoms with Gasteiger partial charge in [0.2, 0.25) is 0 Å². The van der Waals surface area contributed by atoms with E-state index in [1.54, 1.807) is 0 Å².